The number of anilines is 1. The predicted octanol–water partition coefficient (Wildman–Crippen LogP) is 4.62. The second-order valence-corrected chi connectivity index (χ2v) is 5.17. The molecule has 0 fully saturated rings. The van der Waals surface area contributed by atoms with Gasteiger partial charge in [0.05, 0.1) is 6.54 Å². The van der Waals surface area contributed by atoms with Gasteiger partial charge in [-0.1, -0.05) is 12.1 Å². The Hall–Kier alpha value is -2.01. The number of oxazole rings is 1. The number of rotatable bonds is 4. The van der Waals surface area contributed by atoms with Crippen LogP contribution in [0.25, 0.3) is 11.3 Å². The van der Waals surface area contributed by atoms with Gasteiger partial charge in [0.25, 0.3) is 0 Å². The third kappa shape index (κ3) is 2.93. The van der Waals surface area contributed by atoms with Gasteiger partial charge in [-0.05, 0) is 40.2 Å². The smallest absolute Gasteiger partial charge is 0.191 e. The summed E-state index contributed by atoms with van der Waals surface area (Å²) in [5, 5.41) is 3.30. The first kappa shape index (κ1) is 13.0. The third-order valence-corrected chi connectivity index (χ3v) is 3.32. The summed E-state index contributed by atoms with van der Waals surface area (Å²) in [7, 11) is 0. The molecule has 0 bridgehead atoms. The fourth-order valence-electron chi connectivity index (χ4n) is 1.89. The van der Waals surface area contributed by atoms with Gasteiger partial charge in [-0.25, -0.2) is 4.98 Å². The molecule has 0 aliphatic heterocycles. The van der Waals surface area contributed by atoms with E-state index in [-0.39, 0.29) is 0 Å². The lowest BCUT2D eigenvalue weighted by atomic mass is 10.1. The lowest BCUT2D eigenvalue weighted by Gasteiger charge is -2.05. The summed E-state index contributed by atoms with van der Waals surface area (Å²) in [6.45, 7) is 2.48. The molecule has 2 aromatic heterocycles. The lowest BCUT2D eigenvalue weighted by molar-refractivity contribution is 0.495. The fourth-order valence-corrected chi connectivity index (χ4v) is 2.23. The van der Waals surface area contributed by atoms with Gasteiger partial charge in [0.1, 0.15) is 17.7 Å². The van der Waals surface area contributed by atoms with Crippen LogP contribution in [0.5, 0.6) is 0 Å². The Balaban J connectivity index is 1.67. The summed E-state index contributed by atoms with van der Waals surface area (Å²) < 4.78 is 11.4. The summed E-state index contributed by atoms with van der Waals surface area (Å²) in [4.78, 5) is 4.30. The molecule has 3 aromatic rings. The summed E-state index contributed by atoms with van der Waals surface area (Å²) >= 11 is 3.29. The van der Waals surface area contributed by atoms with Crippen LogP contribution in [0.2, 0.25) is 0 Å². The van der Waals surface area contributed by atoms with Crippen LogP contribution in [-0.4, -0.2) is 4.98 Å². The molecule has 3 rings (SSSR count). The standard InChI is InChI=1S/C15H13BrN2O2/c1-10-18-14(9-19-10)11-2-4-12(5-3-11)17-8-13-6-7-15(16)20-13/h2-7,9,17H,8H2,1H3. The second-order valence-electron chi connectivity index (χ2n) is 4.39. The quantitative estimate of drug-likeness (QED) is 0.757. The normalized spacial score (nSPS) is 10.7. The van der Waals surface area contributed by atoms with Gasteiger partial charge in [0, 0.05) is 18.2 Å². The van der Waals surface area contributed by atoms with Gasteiger partial charge in [-0.3, -0.25) is 0 Å². The number of benzene rings is 1. The molecule has 0 aliphatic carbocycles. The van der Waals surface area contributed by atoms with Crippen LogP contribution in [0.1, 0.15) is 11.7 Å². The van der Waals surface area contributed by atoms with Gasteiger partial charge in [-0.15, -0.1) is 0 Å². The van der Waals surface area contributed by atoms with E-state index in [1.165, 1.54) is 0 Å². The molecule has 0 saturated heterocycles. The van der Waals surface area contributed by atoms with Crippen molar-refractivity contribution >= 4 is 21.6 Å². The number of aryl methyl sites for hydroxylation is 1. The number of nitrogens with one attached hydrogen (secondary N) is 1. The van der Waals surface area contributed by atoms with E-state index in [2.05, 4.69) is 26.2 Å². The highest BCUT2D eigenvalue weighted by molar-refractivity contribution is 9.10. The topological polar surface area (TPSA) is 51.2 Å². The van der Waals surface area contributed by atoms with Gasteiger partial charge >= 0.3 is 0 Å². The average Bonchev–Trinajstić information content (AvgIpc) is 3.06. The molecule has 4 nitrogen and oxygen atoms in total. The van der Waals surface area contributed by atoms with E-state index in [0.717, 1.165) is 27.4 Å². The molecule has 0 atom stereocenters. The number of hydrogen-bond donors (Lipinski definition) is 1. The van der Waals surface area contributed by atoms with E-state index in [0.29, 0.717) is 12.4 Å². The highest BCUT2D eigenvalue weighted by atomic mass is 79.9. The SMILES string of the molecule is Cc1nc(-c2ccc(NCc3ccc(Br)o3)cc2)co1. The van der Waals surface area contributed by atoms with Crippen LogP contribution in [0.15, 0.2) is 56.2 Å². The van der Waals surface area contributed by atoms with Crippen molar-refractivity contribution < 1.29 is 8.83 Å². The Labute approximate surface area is 125 Å². The van der Waals surface area contributed by atoms with Crippen molar-refractivity contribution in [3.05, 3.63) is 59.0 Å². The maximum absolute atomic E-state index is 5.43. The Kier molecular flexibility index (Phi) is 3.60. The van der Waals surface area contributed by atoms with E-state index >= 15 is 0 Å². The monoisotopic (exact) mass is 332 g/mol. The first-order chi connectivity index (χ1) is 9.70. The summed E-state index contributed by atoms with van der Waals surface area (Å²) in [5.41, 5.74) is 2.92. The first-order valence-corrected chi connectivity index (χ1v) is 7.01. The van der Waals surface area contributed by atoms with Crippen molar-refractivity contribution in [1.82, 2.24) is 4.98 Å². The Bertz CT molecular complexity index is 701. The van der Waals surface area contributed by atoms with Crippen LogP contribution in [0.4, 0.5) is 5.69 Å². The van der Waals surface area contributed by atoms with Crippen LogP contribution in [-0.2, 0) is 6.54 Å². The maximum atomic E-state index is 5.43. The molecule has 5 heteroatoms. The molecule has 0 aliphatic rings. The fraction of sp³-hybridized carbons (Fsp3) is 0.133. The van der Waals surface area contributed by atoms with E-state index in [1.54, 1.807) is 6.26 Å². The van der Waals surface area contributed by atoms with Gasteiger partial charge in [0.2, 0.25) is 0 Å². The van der Waals surface area contributed by atoms with Crippen molar-refractivity contribution in [2.24, 2.45) is 0 Å². The molecule has 0 amide bonds. The minimum atomic E-state index is 0.647. The summed E-state index contributed by atoms with van der Waals surface area (Å²) in [5.74, 6) is 1.55. The minimum Gasteiger partial charge on any atom is -0.452 e. The van der Waals surface area contributed by atoms with Crippen molar-refractivity contribution in [2.75, 3.05) is 5.32 Å². The van der Waals surface area contributed by atoms with Gasteiger partial charge in [0.15, 0.2) is 10.6 Å². The van der Waals surface area contributed by atoms with E-state index in [1.807, 2.05) is 43.3 Å². The van der Waals surface area contributed by atoms with Crippen molar-refractivity contribution in [1.29, 1.82) is 0 Å². The molecule has 1 N–H and O–H groups in total. The van der Waals surface area contributed by atoms with Crippen molar-refractivity contribution in [3.8, 4) is 11.3 Å². The highest BCUT2D eigenvalue weighted by Gasteiger charge is 2.04. The summed E-state index contributed by atoms with van der Waals surface area (Å²) in [6.07, 6.45) is 1.66. The number of aromatic nitrogens is 1. The number of hydrogen-bond acceptors (Lipinski definition) is 4. The van der Waals surface area contributed by atoms with Crippen LogP contribution in [0.3, 0.4) is 0 Å². The second kappa shape index (κ2) is 5.54. The number of nitrogens with zero attached hydrogens (tertiary/aromatic N) is 1. The van der Waals surface area contributed by atoms with Crippen LogP contribution < -0.4 is 5.32 Å². The van der Waals surface area contributed by atoms with Gasteiger partial charge < -0.3 is 14.2 Å². The highest BCUT2D eigenvalue weighted by Crippen LogP contribution is 2.21. The molecule has 102 valence electrons. The molecule has 0 radical (unpaired) electrons. The van der Waals surface area contributed by atoms with Crippen LogP contribution in [0, 0.1) is 6.92 Å². The lowest BCUT2D eigenvalue weighted by Crippen LogP contribution is -1.97. The van der Waals surface area contributed by atoms with Crippen molar-refractivity contribution in [3.63, 3.8) is 0 Å². The number of furan rings is 1. The molecule has 2 heterocycles. The summed E-state index contributed by atoms with van der Waals surface area (Å²) in [6, 6.07) is 11.9. The molecule has 0 unspecified atom stereocenters. The zero-order valence-electron chi connectivity index (χ0n) is 10.9. The predicted molar refractivity (Wildman–Crippen MR) is 80.4 cm³/mol. The number of halogens is 1. The average molecular weight is 333 g/mol. The molecule has 1 aromatic carbocycles. The molecule has 0 saturated carbocycles. The Morgan fingerprint density at radius 3 is 2.55 bits per heavy atom. The molecular weight excluding hydrogens is 320 g/mol. The molecular formula is C15H13BrN2O2. The van der Waals surface area contributed by atoms with E-state index < -0.39 is 0 Å². The van der Waals surface area contributed by atoms with E-state index in [9.17, 15) is 0 Å². The van der Waals surface area contributed by atoms with Crippen molar-refractivity contribution in [2.45, 2.75) is 13.5 Å². The third-order valence-electron chi connectivity index (χ3n) is 2.90. The zero-order chi connectivity index (χ0) is 13.9. The molecule has 20 heavy (non-hydrogen) atoms. The largest absolute Gasteiger partial charge is 0.452 e. The van der Waals surface area contributed by atoms with Crippen LogP contribution >= 0.6 is 15.9 Å². The van der Waals surface area contributed by atoms with E-state index in [4.69, 9.17) is 8.83 Å². The minimum absolute atomic E-state index is 0.647. The Morgan fingerprint density at radius 2 is 1.95 bits per heavy atom. The zero-order valence-corrected chi connectivity index (χ0v) is 12.5. The van der Waals surface area contributed by atoms with Gasteiger partial charge in [-0.2, -0.15) is 0 Å². The molecule has 0 spiro atoms. The first-order valence-electron chi connectivity index (χ1n) is 6.21. The Morgan fingerprint density at radius 1 is 1.15 bits per heavy atom. The maximum Gasteiger partial charge on any atom is 0.191 e.